The van der Waals surface area contributed by atoms with E-state index < -0.39 is 5.97 Å². The van der Waals surface area contributed by atoms with Crippen molar-refractivity contribution in [2.24, 2.45) is 4.99 Å². The molecular weight excluding hydrogens is 302 g/mol. The van der Waals surface area contributed by atoms with E-state index >= 15 is 0 Å². The Kier molecular flexibility index (Phi) is 4.47. The first kappa shape index (κ1) is 16.0. The van der Waals surface area contributed by atoms with E-state index in [2.05, 4.69) is 11.9 Å². The summed E-state index contributed by atoms with van der Waals surface area (Å²) in [7, 11) is 1.61. The van der Waals surface area contributed by atoms with E-state index in [-0.39, 0.29) is 5.70 Å². The molecule has 0 aromatic heterocycles. The van der Waals surface area contributed by atoms with Gasteiger partial charge in [0.2, 0.25) is 5.90 Å². The molecule has 2 aromatic rings. The number of methoxy groups -OCH3 is 1. The van der Waals surface area contributed by atoms with Crippen molar-refractivity contribution >= 4 is 17.9 Å². The molecule has 0 atom stereocenters. The van der Waals surface area contributed by atoms with Gasteiger partial charge in [0.05, 0.1) is 7.11 Å². The smallest absolute Gasteiger partial charge is 0.363 e. The number of aryl methyl sites for hydroxylation is 2. The van der Waals surface area contributed by atoms with Crippen molar-refractivity contribution in [3.05, 3.63) is 70.4 Å². The molecule has 1 heterocycles. The minimum Gasteiger partial charge on any atom is -0.496 e. The fraction of sp³-hybridized carbons (Fsp3) is 0.200. The molecule has 0 amide bonds. The molecule has 3 rings (SSSR count). The Morgan fingerprint density at radius 1 is 1.17 bits per heavy atom. The highest BCUT2D eigenvalue weighted by atomic mass is 16.6. The van der Waals surface area contributed by atoms with Gasteiger partial charge in [-0.15, -0.1) is 0 Å². The normalized spacial score (nSPS) is 15.4. The van der Waals surface area contributed by atoms with Crippen LogP contribution in [0, 0.1) is 6.92 Å². The first-order chi connectivity index (χ1) is 11.6. The molecule has 0 saturated heterocycles. The van der Waals surface area contributed by atoms with Crippen LogP contribution < -0.4 is 4.74 Å². The molecule has 1 aliphatic heterocycles. The minimum absolute atomic E-state index is 0.275. The highest BCUT2D eigenvalue weighted by Gasteiger charge is 2.24. The van der Waals surface area contributed by atoms with E-state index in [9.17, 15) is 4.79 Å². The Morgan fingerprint density at radius 3 is 2.58 bits per heavy atom. The van der Waals surface area contributed by atoms with Gasteiger partial charge in [0.25, 0.3) is 0 Å². The molecule has 0 saturated carbocycles. The number of nitrogens with zero attached hydrogens (tertiary/aromatic N) is 1. The number of rotatable bonds is 4. The lowest BCUT2D eigenvalue weighted by molar-refractivity contribution is -0.129. The second-order valence-corrected chi connectivity index (χ2v) is 5.63. The number of hydrogen-bond acceptors (Lipinski definition) is 4. The topological polar surface area (TPSA) is 47.9 Å². The Hall–Kier alpha value is -2.88. The molecule has 2 aromatic carbocycles. The Balaban J connectivity index is 1.98. The van der Waals surface area contributed by atoms with Gasteiger partial charge in [0, 0.05) is 11.1 Å². The van der Waals surface area contributed by atoms with Gasteiger partial charge >= 0.3 is 5.97 Å². The van der Waals surface area contributed by atoms with Crippen LogP contribution in [0.25, 0.3) is 6.08 Å². The lowest BCUT2D eigenvalue weighted by Gasteiger charge is -2.06. The molecule has 4 nitrogen and oxygen atoms in total. The van der Waals surface area contributed by atoms with Gasteiger partial charge in [0.1, 0.15) is 5.75 Å². The van der Waals surface area contributed by atoms with E-state index in [1.165, 1.54) is 0 Å². The fourth-order valence-electron chi connectivity index (χ4n) is 2.49. The lowest BCUT2D eigenvalue weighted by atomic mass is 10.1. The number of aliphatic imine (C=N–C) groups is 1. The molecular formula is C20H19NO3. The summed E-state index contributed by atoms with van der Waals surface area (Å²) in [5.41, 5.74) is 4.18. The van der Waals surface area contributed by atoms with Gasteiger partial charge in [-0.05, 0) is 49.2 Å². The number of benzene rings is 2. The molecule has 24 heavy (non-hydrogen) atoms. The number of ether oxygens (including phenoxy) is 2. The minimum atomic E-state index is -0.450. The molecule has 0 fully saturated rings. The maximum absolute atomic E-state index is 12.1. The van der Waals surface area contributed by atoms with Gasteiger partial charge in [-0.2, -0.15) is 0 Å². The zero-order valence-electron chi connectivity index (χ0n) is 14.0. The monoisotopic (exact) mass is 321 g/mol. The first-order valence-corrected chi connectivity index (χ1v) is 7.87. The Morgan fingerprint density at radius 2 is 1.92 bits per heavy atom. The maximum Gasteiger partial charge on any atom is 0.363 e. The number of carbonyl (C=O) groups excluding carboxylic acids is 1. The molecule has 0 radical (unpaired) electrons. The number of hydrogen-bond donors (Lipinski definition) is 0. The van der Waals surface area contributed by atoms with Gasteiger partial charge in [-0.1, -0.05) is 30.7 Å². The average Bonchev–Trinajstić information content (AvgIpc) is 2.96. The summed E-state index contributed by atoms with van der Waals surface area (Å²) in [5, 5.41) is 0. The zero-order valence-corrected chi connectivity index (χ0v) is 14.0. The average molecular weight is 321 g/mol. The third kappa shape index (κ3) is 3.23. The first-order valence-electron chi connectivity index (χ1n) is 7.87. The molecule has 4 heteroatoms. The van der Waals surface area contributed by atoms with E-state index in [0.29, 0.717) is 11.6 Å². The molecule has 0 aliphatic carbocycles. The van der Waals surface area contributed by atoms with E-state index in [1.54, 1.807) is 13.2 Å². The van der Waals surface area contributed by atoms with Crippen LogP contribution in [-0.4, -0.2) is 19.0 Å². The van der Waals surface area contributed by atoms with E-state index in [4.69, 9.17) is 9.47 Å². The molecule has 0 spiro atoms. The predicted octanol–water partition coefficient (Wildman–Crippen LogP) is 3.91. The van der Waals surface area contributed by atoms with Crippen molar-refractivity contribution in [1.29, 1.82) is 0 Å². The summed E-state index contributed by atoms with van der Waals surface area (Å²) < 4.78 is 10.7. The maximum atomic E-state index is 12.1. The van der Waals surface area contributed by atoms with Gasteiger partial charge in [-0.25, -0.2) is 9.79 Å². The van der Waals surface area contributed by atoms with Crippen LogP contribution in [0.1, 0.15) is 29.2 Å². The summed E-state index contributed by atoms with van der Waals surface area (Å²) in [6.45, 7) is 4.08. The van der Waals surface area contributed by atoms with E-state index in [0.717, 1.165) is 28.7 Å². The van der Waals surface area contributed by atoms with Gasteiger partial charge in [0.15, 0.2) is 5.70 Å². The van der Waals surface area contributed by atoms with Crippen LogP contribution in [0.5, 0.6) is 5.75 Å². The van der Waals surface area contributed by atoms with Crippen molar-refractivity contribution < 1.29 is 14.3 Å². The Labute approximate surface area is 141 Å². The number of esters is 1. The predicted molar refractivity (Wildman–Crippen MR) is 94.2 cm³/mol. The standard InChI is InChI=1S/C20H19NO3/c1-4-14-7-10-18(23-3)16(11-14)12-17-20(22)24-19(21-17)15-8-5-13(2)6-9-15/h5-12H,4H2,1-3H3/b17-12+. The van der Waals surface area contributed by atoms with E-state index in [1.807, 2.05) is 49.4 Å². The highest BCUT2D eigenvalue weighted by molar-refractivity contribution is 6.12. The zero-order chi connectivity index (χ0) is 17.1. The summed E-state index contributed by atoms with van der Waals surface area (Å²) in [6.07, 6.45) is 2.62. The van der Waals surface area contributed by atoms with Crippen LogP contribution in [0.2, 0.25) is 0 Å². The molecule has 0 unspecified atom stereocenters. The Bertz CT molecular complexity index is 832. The van der Waals surface area contributed by atoms with Crippen molar-refractivity contribution in [1.82, 2.24) is 0 Å². The quantitative estimate of drug-likeness (QED) is 0.633. The second-order valence-electron chi connectivity index (χ2n) is 5.63. The lowest BCUT2D eigenvalue weighted by Crippen LogP contribution is -2.05. The van der Waals surface area contributed by atoms with Crippen LogP contribution >= 0.6 is 0 Å². The number of cyclic esters (lactones) is 1. The fourth-order valence-corrected chi connectivity index (χ4v) is 2.49. The summed E-state index contributed by atoms with van der Waals surface area (Å²) in [5.74, 6) is 0.581. The highest BCUT2D eigenvalue weighted by Crippen LogP contribution is 2.26. The molecule has 1 aliphatic rings. The third-order valence-electron chi connectivity index (χ3n) is 3.91. The van der Waals surface area contributed by atoms with Crippen LogP contribution in [-0.2, 0) is 16.0 Å². The van der Waals surface area contributed by atoms with Crippen molar-refractivity contribution in [3.63, 3.8) is 0 Å². The van der Waals surface area contributed by atoms with Gasteiger partial charge < -0.3 is 9.47 Å². The largest absolute Gasteiger partial charge is 0.496 e. The summed E-state index contributed by atoms with van der Waals surface area (Å²) >= 11 is 0. The van der Waals surface area contributed by atoms with Gasteiger partial charge in [-0.3, -0.25) is 0 Å². The van der Waals surface area contributed by atoms with Crippen LogP contribution in [0.4, 0.5) is 0 Å². The summed E-state index contributed by atoms with van der Waals surface area (Å²) in [6, 6.07) is 13.6. The molecule has 0 N–H and O–H groups in total. The third-order valence-corrected chi connectivity index (χ3v) is 3.91. The summed E-state index contributed by atoms with van der Waals surface area (Å²) in [4.78, 5) is 16.5. The molecule has 122 valence electrons. The van der Waals surface area contributed by atoms with Crippen molar-refractivity contribution in [3.8, 4) is 5.75 Å². The van der Waals surface area contributed by atoms with Crippen LogP contribution in [0.3, 0.4) is 0 Å². The van der Waals surface area contributed by atoms with Crippen molar-refractivity contribution in [2.45, 2.75) is 20.3 Å². The van der Waals surface area contributed by atoms with Crippen molar-refractivity contribution in [2.75, 3.05) is 7.11 Å². The molecule has 0 bridgehead atoms. The second kappa shape index (κ2) is 6.71. The SMILES string of the molecule is CCc1ccc(OC)c(/C=C2/N=C(c3ccc(C)cc3)OC2=O)c1. The van der Waals surface area contributed by atoms with Crippen LogP contribution in [0.15, 0.2) is 53.2 Å². The number of carbonyl (C=O) groups is 1.